The van der Waals surface area contributed by atoms with Crippen molar-refractivity contribution in [2.24, 2.45) is 0 Å². The summed E-state index contributed by atoms with van der Waals surface area (Å²) in [5, 5.41) is 10.2. The Morgan fingerprint density at radius 2 is 1.75 bits per heavy atom. The highest BCUT2D eigenvalue weighted by atomic mass is 19.4. The van der Waals surface area contributed by atoms with Gasteiger partial charge in [0, 0.05) is 12.0 Å². The van der Waals surface area contributed by atoms with E-state index in [1.165, 1.54) is 0 Å². The van der Waals surface area contributed by atoms with Crippen LogP contribution in [0.2, 0.25) is 0 Å². The van der Waals surface area contributed by atoms with Crippen molar-refractivity contribution in [1.29, 1.82) is 0 Å². The van der Waals surface area contributed by atoms with E-state index in [-0.39, 0.29) is 12.2 Å². The Morgan fingerprint density at radius 1 is 1.11 bits per heavy atom. The largest absolute Gasteiger partial charge is 0.507 e. The molecule has 1 aliphatic rings. The van der Waals surface area contributed by atoms with Gasteiger partial charge in [0.05, 0.1) is 5.56 Å². The van der Waals surface area contributed by atoms with E-state index in [1.54, 1.807) is 32.7 Å². The second-order valence-electron chi connectivity index (χ2n) is 7.52. The molecule has 2 aromatic rings. The number of aromatic nitrogens is 2. The molecule has 6 nitrogen and oxygen atoms in total. The van der Waals surface area contributed by atoms with Crippen LogP contribution in [-0.4, -0.2) is 20.7 Å². The second kappa shape index (κ2) is 6.42. The first-order valence-electron chi connectivity index (χ1n) is 8.77. The average molecular weight is 398 g/mol. The number of H-pyrrole nitrogens is 2. The van der Waals surface area contributed by atoms with Crippen molar-refractivity contribution >= 4 is 0 Å². The Kier molecular flexibility index (Phi) is 4.60. The van der Waals surface area contributed by atoms with Gasteiger partial charge in [-0.25, -0.2) is 4.79 Å². The van der Waals surface area contributed by atoms with Crippen LogP contribution in [-0.2, 0) is 19.0 Å². The molecule has 1 aromatic heterocycles. The highest BCUT2D eigenvalue weighted by Gasteiger charge is 2.41. The van der Waals surface area contributed by atoms with E-state index in [4.69, 9.17) is 4.74 Å². The molecule has 2 heterocycles. The number of benzene rings is 1. The zero-order chi connectivity index (χ0) is 21.0. The number of aromatic amines is 2. The summed E-state index contributed by atoms with van der Waals surface area (Å²) in [6.45, 7) is 6.91. The van der Waals surface area contributed by atoms with Gasteiger partial charge >= 0.3 is 11.9 Å². The summed E-state index contributed by atoms with van der Waals surface area (Å²) in [6, 6.07) is 0. The maximum absolute atomic E-state index is 13.3. The number of phenolic OH excluding ortho intramolecular Hbond substituents is 1. The van der Waals surface area contributed by atoms with Crippen LogP contribution in [0.15, 0.2) is 9.59 Å². The van der Waals surface area contributed by atoms with E-state index in [2.05, 4.69) is 0 Å². The lowest BCUT2D eigenvalue weighted by atomic mass is 9.84. The molecule has 152 valence electrons. The maximum Gasteiger partial charge on any atom is 0.431 e. The fraction of sp³-hybridized carbons (Fsp3) is 0.474. The number of nitrogens with one attached hydrogen (secondary N) is 2. The van der Waals surface area contributed by atoms with Gasteiger partial charge in [-0.2, -0.15) is 13.2 Å². The third-order valence-corrected chi connectivity index (χ3v) is 5.47. The van der Waals surface area contributed by atoms with E-state index in [0.717, 1.165) is 5.56 Å². The molecule has 0 saturated carbocycles. The van der Waals surface area contributed by atoms with Gasteiger partial charge in [-0.05, 0) is 57.2 Å². The van der Waals surface area contributed by atoms with Gasteiger partial charge < -0.3 is 14.8 Å². The molecule has 1 aliphatic heterocycles. The number of halogens is 3. The van der Waals surface area contributed by atoms with Gasteiger partial charge in [0.15, 0.2) is 0 Å². The topological polar surface area (TPSA) is 95.2 Å². The van der Waals surface area contributed by atoms with Crippen molar-refractivity contribution in [3.8, 4) is 11.5 Å². The Morgan fingerprint density at radius 3 is 2.36 bits per heavy atom. The van der Waals surface area contributed by atoms with Crippen molar-refractivity contribution in [1.82, 2.24) is 9.97 Å². The lowest BCUT2D eigenvalue weighted by Gasteiger charge is -2.38. The molecular formula is C19H21F3N2O4. The molecule has 1 atom stereocenters. The Bertz CT molecular complexity index is 1070. The SMILES string of the molecule is Cc1c(C)c2c(c(C)c1O)CCC(C)(Cc1c(C(F)(F)F)[nH]c(=O)[nH]c1=O)O2. The number of rotatable bonds is 2. The Labute approximate surface area is 158 Å². The number of aromatic hydroxyl groups is 1. The predicted molar refractivity (Wildman–Crippen MR) is 96.1 cm³/mol. The molecule has 3 N–H and O–H groups in total. The lowest BCUT2D eigenvalue weighted by molar-refractivity contribution is -0.142. The molecule has 0 radical (unpaired) electrons. The number of ether oxygens (including phenoxy) is 1. The monoisotopic (exact) mass is 398 g/mol. The molecule has 1 aromatic carbocycles. The summed E-state index contributed by atoms with van der Waals surface area (Å²) in [5.74, 6) is 0.704. The Balaban J connectivity index is 2.07. The van der Waals surface area contributed by atoms with Crippen LogP contribution >= 0.6 is 0 Å². The van der Waals surface area contributed by atoms with Crippen LogP contribution in [0.3, 0.4) is 0 Å². The van der Waals surface area contributed by atoms with Crippen LogP contribution in [0.25, 0.3) is 0 Å². The minimum absolute atomic E-state index is 0.180. The van der Waals surface area contributed by atoms with Crippen molar-refractivity contribution in [2.45, 2.75) is 58.7 Å². The third kappa shape index (κ3) is 3.29. The first-order chi connectivity index (χ1) is 12.8. The maximum atomic E-state index is 13.3. The smallest absolute Gasteiger partial charge is 0.431 e. The number of alkyl halides is 3. The molecule has 0 amide bonds. The Hall–Kier alpha value is -2.71. The van der Waals surface area contributed by atoms with Gasteiger partial charge in [0.2, 0.25) is 0 Å². The molecule has 0 spiro atoms. The van der Waals surface area contributed by atoms with Gasteiger partial charge in [-0.3, -0.25) is 9.78 Å². The van der Waals surface area contributed by atoms with Gasteiger partial charge in [-0.1, -0.05) is 0 Å². The van der Waals surface area contributed by atoms with E-state index < -0.39 is 34.3 Å². The van der Waals surface area contributed by atoms with Crippen LogP contribution in [0.4, 0.5) is 13.2 Å². The molecule has 28 heavy (non-hydrogen) atoms. The summed E-state index contributed by atoms with van der Waals surface area (Å²) in [7, 11) is 0. The quantitative estimate of drug-likeness (QED) is 0.725. The normalized spacial score (nSPS) is 19.2. The zero-order valence-corrected chi connectivity index (χ0v) is 15.9. The van der Waals surface area contributed by atoms with E-state index >= 15 is 0 Å². The fourth-order valence-electron chi connectivity index (χ4n) is 3.72. The van der Waals surface area contributed by atoms with E-state index in [1.807, 2.05) is 4.98 Å². The minimum atomic E-state index is -4.87. The van der Waals surface area contributed by atoms with Gasteiger partial charge in [0.25, 0.3) is 5.56 Å². The molecule has 0 bridgehead atoms. The van der Waals surface area contributed by atoms with Crippen LogP contribution in [0.5, 0.6) is 11.5 Å². The molecular weight excluding hydrogens is 377 g/mol. The van der Waals surface area contributed by atoms with Crippen LogP contribution < -0.4 is 16.0 Å². The molecule has 3 rings (SSSR count). The van der Waals surface area contributed by atoms with Crippen molar-refractivity contribution in [2.75, 3.05) is 0 Å². The summed E-state index contributed by atoms with van der Waals surface area (Å²) >= 11 is 0. The van der Waals surface area contributed by atoms with Crippen molar-refractivity contribution in [3.63, 3.8) is 0 Å². The number of hydrogen-bond acceptors (Lipinski definition) is 4. The molecule has 1 unspecified atom stereocenters. The summed E-state index contributed by atoms with van der Waals surface area (Å²) in [5.41, 5.74) is -2.47. The highest BCUT2D eigenvalue weighted by Crippen LogP contribution is 2.44. The fourth-order valence-corrected chi connectivity index (χ4v) is 3.72. The molecule has 9 heteroatoms. The second-order valence-corrected chi connectivity index (χ2v) is 7.52. The summed E-state index contributed by atoms with van der Waals surface area (Å²) in [4.78, 5) is 27.0. The molecule has 0 aliphatic carbocycles. The zero-order valence-electron chi connectivity index (χ0n) is 15.9. The minimum Gasteiger partial charge on any atom is -0.507 e. The highest BCUT2D eigenvalue weighted by molar-refractivity contribution is 5.58. The average Bonchev–Trinajstić information content (AvgIpc) is 2.59. The summed E-state index contributed by atoms with van der Waals surface area (Å²) < 4.78 is 46.1. The third-order valence-electron chi connectivity index (χ3n) is 5.47. The lowest BCUT2D eigenvalue weighted by Crippen LogP contribution is -2.43. The van der Waals surface area contributed by atoms with Crippen LogP contribution in [0.1, 0.15) is 46.9 Å². The standard InChI is InChI=1S/C19H21F3N2O4/c1-8-9(2)14-11(10(3)13(8)25)5-6-18(4,28-14)7-12-15(19(20,21)22)23-17(27)24-16(12)26/h25H,5-7H2,1-4H3,(H2,23,24,26,27). The predicted octanol–water partition coefficient (Wildman–Crippen LogP) is 3.04. The van der Waals surface area contributed by atoms with E-state index in [0.29, 0.717) is 35.3 Å². The number of fused-ring (bicyclic) bond motifs is 1. The first kappa shape index (κ1) is 20.0. The van der Waals surface area contributed by atoms with Crippen molar-refractivity contribution < 1.29 is 23.0 Å². The van der Waals surface area contributed by atoms with Crippen LogP contribution in [0, 0.1) is 20.8 Å². The molecule has 0 saturated heterocycles. The van der Waals surface area contributed by atoms with Gasteiger partial charge in [0.1, 0.15) is 22.8 Å². The number of hydrogen-bond donors (Lipinski definition) is 3. The van der Waals surface area contributed by atoms with Crippen molar-refractivity contribution in [3.05, 3.63) is 54.3 Å². The number of phenols is 1. The summed E-state index contributed by atoms with van der Waals surface area (Å²) in [6.07, 6.45) is -4.38. The first-order valence-corrected chi connectivity index (χ1v) is 8.77. The van der Waals surface area contributed by atoms with E-state index in [9.17, 15) is 27.9 Å². The van der Waals surface area contributed by atoms with Gasteiger partial charge in [-0.15, -0.1) is 0 Å². The molecule has 0 fully saturated rings.